The highest BCUT2D eigenvalue weighted by atomic mass is 16.5. The number of rotatable bonds is 2. The van der Waals surface area contributed by atoms with Gasteiger partial charge in [0.15, 0.2) is 0 Å². The molecule has 1 aliphatic heterocycles. The maximum Gasteiger partial charge on any atom is 0.230 e. The Hall–Kier alpha value is -1.75. The van der Waals surface area contributed by atoms with Crippen molar-refractivity contribution in [1.29, 1.82) is 0 Å². The summed E-state index contributed by atoms with van der Waals surface area (Å²) in [5.41, 5.74) is 1.87. The van der Waals surface area contributed by atoms with E-state index in [1.807, 2.05) is 19.1 Å². The van der Waals surface area contributed by atoms with Crippen molar-refractivity contribution >= 4 is 0 Å². The van der Waals surface area contributed by atoms with E-state index in [1.54, 1.807) is 6.20 Å². The second kappa shape index (κ2) is 4.86. The van der Waals surface area contributed by atoms with Crippen LogP contribution in [0.3, 0.4) is 0 Å². The number of nitrogens with zero attached hydrogens (tertiary/aromatic N) is 3. The lowest BCUT2D eigenvalue weighted by atomic mass is 9.98. The van der Waals surface area contributed by atoms with Gasteiger partial charge in [0.05, 0.1) is 0 Å². The SMILES string of the molecule is Cc1cccnc1-c1noc(C2CCNCC2)n1. The van der Waals surface area contributed by atoms with Crippen molar-refractivity contribution in [1.82, 2.24) is 20.4 Å². The highest BCUT2D eigenvalue weighted by Gasteiger charge is 2.22. The Morgan fingerprint density at radius 2 is 2.17 bits per heavy atom. The smallest absolute Gasteiger partial charge is 0.230 e. The molecular formula is C13H16N4O. The van der Waals surface area contributed by atoms with Crippen molar-refractivity contribution in [3.63, 3.8) is 0 Å². The topological polar surface area (TPSA) is 63.8 Å². The Morgan fingerprint density at radius 1 is 1.33 bits per heavy atom. The zero-order valence-corrected chi connectivity index (χ0v) is 10.4. The van der Waals surface area contributed by atoms with Gasteiger partial charge in [0.25, 0.3) is 0 Å². The molecule has 0 saturated carbocycles. The summed E-state index contributed by atoms with van der Waals surface area (Å²) in [5.74, 6) is 1.73. The van der Waals surface area contributed by atoms with Gasteiger partial charge in [-0.15, -0.1) is 0 Å². The van der Waals surface area contributed by atoms with Gasteiger partial charge in [-0.2, -0.15) is 4.98 Å². The van der Waals surface area contributed by atoms with Gasteiger partial charge in [-0.3, -0.25) is 4.98 Å². The number of hydrogen-bond donors (Lipinski definition) is 1. The molecule has 0 spiro atoms. The average molecular weight is 244 g/mol. The van der Waals surface area contributed by atoms with E-state index in [4.69, 9.17) is 4.52 Å². The Kier molecular flexibility index (Phi) is 3.06. The summed E-state index contributed by atoms with van der Waals surface area (Å²) in [4.78, 5) is 8.81. The summed E-state index contributed by atoms with van der Waals surface area (Å²) >= 11 is 0. The van der Waals surface area contributed by atoms with Crippen LogP contribution < -0.4 is 5.32 Å². The van der Waals surface area contributed by atoms with Crippen molar-refractivity contribution in [3.05, 3.63) is 29.8 Å². The molecule has 0 amide bonds. The molecule has 0 bridgehead atoms. The van der Waals surface area contributed by atoms with E-state index in [-0.39, 0.29) is 0 Å². The molecule has 0 aliphatic carbocycles. The number of aryl methyl sites for hydroxylation is 1. The van der Waals surface area contributed by atoms with Crippen LogP contribution in [0.4, 0.5) is 0 Å². The Labute approximate surface area is 106 Å². The van der Waals surface area contributed by atoms with Gasteiger partial charge in [-0.1, -0.05) is 11.2 Å². The molecule has 18 heavy (non-hydrogen) atoms. The van der Waals surface area contributed by atoms with E-state index in [1.165, 1.54) is 0 Å². The third-order valence-electron chi connectivity index (χ3n) is 3.35. The van der Waals surface area contributed by atoms with Gasteiger partial charge in [0, 0.05) is 12.1 Å². The van der Waals surface area contributed by atoms with Gasteiger partial charge in [0.2, 0.25) is 11.7 Å². The highest BCUT2D eigenvalue weighted by Crippen LogP contribution is 2.26. The highest BCUT2D eigenvalue weighted by molar-refractivity contribution is 5.53. The molecule has 3 heterocycles. The van der Waals surface area contributed by atoms with Gasteiger partial charge < -0.3 is 9.84 Å². The molecule has 94 valence electrons. The molecule has 2 aromatic rings. The summed E-state index contributed by atoms with van der Waals surface area (Å²) in [6, 6.07) is 3.91. The molecule has 3 rings (SSSR count). The number of piperidine rings is 1. The molecule has 1 N–H and O–H groups in total. The molecule has 0 aromatic carbocycles. The summed E-state index contributed by atoms with van der Waals surface area (Å²) in [5, 5.41) is 7.38. The number of hydrogen-bond acceptors (Lipinski definition) is 5. The average Bonchev–Trinajstić information content (AvgIpc) is 2.90. The van der Waals surface area contributed by atoms with Crippen LogP contribution in [0, 0.1) is 6.92 Å². The first-order valence-corrected chi connectivity index (χ1v) is 6.31. The lowest BCUT2D eigenvalue weighted by Crippen LogP contribution is -2.26. The van der Waals surface area contributed by atoms with Crippen molar-refractivity contribution in [3.8, 4) is 11.5 Å². The van der Waals surface area contributed by atoms with Gasteiger partial charge in [0.1, 0.15) is 5.69 Å². The summed E-state index contributed by atoms with van der Waals surface area (Å²) in [6.07, 6.45) is 3.87. The fourth-order valence-electron chi connectivity index (χ4n) is 2.29. The second-order valence-electron chi connectivity index (χ2n) is 4.65. The molecule has 2 aromatic heterocycles. The number of pyridine rings is 1. The van der Waals surface area contributed by atoms with Gasteiger partial charge >= 0.3 is 0 Å². The predicted octanol–water partition coefficient (Wildman–Crippen LogP) is 1.91. The van der Waals surface area contributed by atoms with Crippen LogP contribution in [-0.4, -0.2) is 28.2 Å². The lowest BCUT2D eigenvalue weighted by molar-refractivity contribution is 0.320. The van der Waals surface area contributed by atoms with Gasteiger partial charge in [-0.25, -0.2) is 0 Å². The summed E-state index contributed by atoms with van der Waals surface area (Å²) in [6.45, 7) is 4.04. The third-order valence-corrected chi connectivity index (χ3v) is 3.35. The summed E-state index contributed by atoms with van der Waals surface area (Å²) in [7, 11) is 0. The number of nitrogens with one attached hydrogen (secondary N) is 1. The summed E-state index contributed by atoms with van der Waals surface area (Å²) < 4.78 is 5.38. The standard InChI is InChI=1S/C13H16N4O/c1-9-3-2-6-15-11(9)12-16-13(18-17-12)10-4-7-14-8-5-10/h2-3,6,10,14H,4-5,7-8H2,1H3. The first-order valence-electron chi connectivity index (χ1n) is 6.31. The zero-order valence-electron chi connectivity index (χ0n) is 10.4. The van der Waals surface area contributed by atoms with Crippen LogP contribution in [0.5, 0.6) is 0 Å². The van der Waals surface area contributed by atoms with Crippen LogP contribution in [0.25, 0.3) is 11.5 Å². The number of aromatic nitrogens is 3. The van der Waals surface area contributed by atoms with Crippen LogP contribution in [-0.2, 0) is 0 Å². The first kappa shape index (κ1) is 11.3. The van der Waals surface area contributed by atoms with Crippen LogP contribution in [0.2, 0.25) is 0 Å². The van der Waals surface area contributed by atoms with Crippen molar-refractivity contribution in [2.45, 2.75) is 25.7 Å². The molecular weight excluding hydrogens is 228 g/mol. The molecule has 1 saturated heterocycles. The molecule has 5 nitrogen and oxygen atoms in total. The fraction of sp³-hybridized carbons (Fsp3) is 0.462. The van der Waals surface area contributed by atoms with Crippen molar-refractivity contribution < 1.29 is 4.52 Å². The van der Waals surface area contributed by atoms with Crippen molar-refractivity contribution in [2.24, 2.45) is 0 Å². The zero-order chi connectivity index (χ0) is 12.4. The molecule has 1 aliphatic rings. The molecule has 5 heteroatoms. The van der Waals surface area contributed by atoms with E-state index in [9.17, 15) is 0 Å². The van der Waals surface area contributed by atoms with E-state index in [2.05, 4.69) is 20.4 Å². The third kappa shape index (κ3) is 2.13. The predicted molar refractivity (Wildman–Crippen MR) is 67.1 cm³/mol. The van der Waals surface area contributed by atoms with Crippen molar-refractivity contribution in [2.75, 3.05) is 13.1 Å². The second-order valence-corrected chi connectivity index (χ2v) is 4.65. The van der Waals surface area contributed by atoms with Crippen LogP contribution in [0.15, 0.2) is 22.9 Å². The van der Waals surface area contributed by atoms with Gasteiger partial charge in [-0.05, 0) is 44.5 Å². The largest absolute Gasteiger partial charge is 0.339 e. The minimum absolute atomic E-state index is 0.386. The molecule has 0 unspecified atom stereocenters. The fourth-order valence-corrected chi connectivity index (χ4v) is 2.29. The van der Waals surface area contributed by atoms with E-state index >= 15 is 0 Å². The van der Waals surface area contributed by atoms with E-state index < -0.39 is 0 Å². The van der Waals surface area contributed by atoms with Crippen LogP contribution >= 0.6 is 0 Å². The minimum Gasteiger partial charge on any atom is -0.339 e. The quantitative estimate of drug-likeness (QED) is 0.874. The maximum atomic E-state index is 5.38. The first-order chi connectivity index (χ1) is 8.84. The normalized spacial score (nSPS) is 16.9. The van der Waals surface area contributed by atoms with Crippen LogP contribution in [0.1, 0.15) is 30.2 Å². The molecule has 1 fully saturated rings. The Balaban J connectivity index is 1.87. The minimum atomic E-state index is 0.386. The lowest BCUT2D eigenvalue weighted by Gasteiger charge is -2.18. The van der Waals surface area contributed by atoms with E-state index in [0.717, 1.165) is 43.1 Å². The Morgan fingerprint density at radius 3 is 2.94 bits per heavy atom. The molecule has 0 radical (unpaired) electrons. The monoisotopic (exact) mass is 244 g/mol. The Bertz CT molecular complexity index is 531. The maximum absolute atomic E-state index is 5.38. The van der Waals surface area contributed by atoms with E-state index in [0.29, 0.717) is 11.7 Å². The molecule has 0 atom stereocenters.